The highest BCUT2D eigenvalue weighted by Gasteiger charge is 2.34. The van der Waals surface area contributed by atoms with Crippen molar-refractivity contribution in [2.45, 2.75) is 32.2 Å². The van der Waals surface area contributed by atoms with Crippen LogP contribution in [-0.2, 0) is 23.4 Å². The summed E-state index contributed by atoms with van der Waals surface area (Å²) in [5.74, 6) is -0.542. The average Bonchev–Trinajstić information content (AvgIpc) is 3.29. The van der Waals surface area contributed by atoms with Gasteiger partial charge in [-0.25, -0.2) is 9.36 Å². The first kappa shape index (κ1) is 25.1. The summed E-state index contributed by atoms with van der Waals surface area (Å²) in [6.07, 6.45) is 3.05. The highest BCUT2D eigenvalue weighted by molar-refractivity contribution is 7.52. The minimum absolute atomic E-state index is 0.142. The Kier molecular flexibility index (Phi) is 7.86. The van der Waals surface area contributed by atoms with E-state index in [1.807, 2.05) is 6.07 Å². The Bertz CT molecular complexity index is 1280. The van der Waals surface area contributed by atoms with Gasteiger partial charge in [-0.2, -0.15) is 10.3 Å². The van der Waals surface area contributed by atoms with Crippen LogP contribution in [0.4, 0.5) is 0 Å². The van der Waals surface area contributed by atoms with Gasteiger partial charge in [0.2, 0.25) is 0 Å². The van der Waals surface area contributed by atoms with Gasteiger partial charge in [-0.15, -0.1) is 0 Å². The van der Waals surface area contributed by atoms with E-state index in [0.29, 0.717) is 11.1 Å². The summed E-state index contributed by atoms with van der Waals surface area (Å²) < 4.78 is 36.0. The van der Waals surface area contributed by atoms with E-state index in [-0.39, 0.29) is 12.4 Å². The maximum atomic E-state index is 13.4. The number of rotatable bonds is 9. The average molecular weight is 490 g/mol. The fourth-order valence-corrected chi connectivity index (χ4v) is 4.48. The smallest absolute Gasteiger partial charge is 0.459 e. The third kappa shape index (κ3) is 6.09. The van der Waals surface area contributed by atoms with Gasteiger partial charge in [0.15, 0.2) is 6.23 Å². The number of aryl methyl sites for hydroxylation is 1. The Labute approximate surface area is 194 Å². The molecule has 1 aliphatic heterocycles. The van der Waals surface area contributed by atoms with Crippen molar-refractivity contribution in [1.29, 1.82) is 5.26 Å². The molecule has 34 heavy (non-hydrogen) atoms. The van der Waals surface area contributed by atoms with Crippen LogP contribution in [0, 0.1) is 18.3 Å². The van der Waals surface area contributed by atoms with Crippen LogP contribution in [0.5, 0.6) is 5.75 Å². The molecule has 12 nitrogen and oxygen atoms in total. The van der Waals surface area contributed by atoms with E-state index in [0.717, 1.165) is 0 Å². The number of benzene rings is 1. The summed E-state index contributed by atoms with van der Waals surface area (Å²) in [5.41, 5.74) is -0.426. The molecular weight excluding hydrogens is 467 g/mol. The van der Waals surface area contributed by atoms with Crippen LogP contribution in [-0.4, -0.2) is 41.4 Å². The number of methoxy groups -OCH3 is 1. The van der Waals surface area contributed by atoms with E-state index in [1.54, 1.807) is 19.1 Å². The van der Waals surface area contributed by atoms with E-state index in [9.17, 15) is 18.9 Å². The van der Waals surface area contributed by atoms with E-state index < -0.39 is 43.3 Å². The van der Waals surface area contributed by atoms with Gasteiger partial charge in [0, 0.05) is 11.8 Å². The normalized spacial score (nSPS) is 19.7. The topological polar surface area (TPSA) is 162 Å². The van der Waals surface area contributed by atoms with Crippen LogP contribution in [0.15, 0.2) is 52.2 Å². The molecule has 2 aromatic rings. The minimum Gasteiger partial charge on any atom is -0.468 e. The molecule has 0 radical (unpaired) electrons. The Morgan fingerprint density at radius 1 is 1.32 bits per heavy atom. The van der Waals surface area contributed by atoms with Gasteiger partial charge in [-0.05, 0) is 44.2 Å². The first-order valence-corrected chi connectivity index (χ1v) is 11.6. The Balaban J connectivity index is 1.72. The van der Waals surface area contributed by atoms with Crippen molar-refractivity contribution in [3.8, 4) is 11.8 Å². The first-order chi connectivity index (χ1) is 16.1. The Hall–Kier alpha value is -3.49. The third-order valence-corrected chi connectivity index (χ3v) is 6.39. The quantitative estimate of drug-likeness (QED) is 0.299. The van der Waals surface area contributed by atoms with E-state index >= 15 is 0 Å². The molecule has 0 fully saturated rings. The summed E-state index contributed by atoms with van der Waals surface area (Å²) in [7, 11) is -2.93. The molecule has 0 amide bonds. The number of ether oxygens (including phenoxy) is 2. The molecule has 1 aromatic carbocycles. The molecule has 2 heterocycles. The van der Waals surface area contributed by atoms with Crippen LogP contribution < -0.4 is 20.9 Å². The molecule has 4 atom stereocenters. The van der Waals surface area contributed by atoms with Gasteiger partial charge in [0.05, 0.1) is 25.3 Å². The molecule has 13 heteroatoms. The molecule has 1 aliphatic rings. The van der Waals surface area contributed by atoms with Crippen molar-refractivity contribution in [3.63, 3.8) is 0 Å². The van der Waals surface area contributed by atoms with Crippen molar-refractivity contribution < 1.29 is 27.9 Å². The third-order valence-electron chi connectivity index (χ3n) is 4.75. The highest BCUT2D eigenvalue weighted by atomic mass is 31.2. The Morgan fingerprint density at radius 2 is 2.03 bits per heavy atom. The van der Waals surface area contributed by atoms with Crippen molar-refractivity contribution >= 4 is 13.7 Å². The number of nitriles is 1. The number of aromatic amines is 1. The first-order valence-electron chi connectivity index (χ1n) is 10.1. The lowest BCUT2D eigenvalue weighted by Crippen LogP contribution is -2.35. The number of nitrogens with one attached hydrogen (secondary N) is 2. The highest BCUT2D eigenvalue weighted by Crippen LogP contribution is 2.45. The number of aromatic nitrogens is 2. The number of esters is 1. The van der Waals surface area contributed by atoms with Crippen LogP contribution in [0.25, 0.3) is 0 Å². The number of carbonyl (C=O) groups excluding carboxylic acids is 1. The fourth-order valence-electron chi connectivity index (χ4n) is 2.97. The predicted molar refractivity (Wildman–Crippen MR) is 119 cm³/mol. The zero-order valence-corrected chi connectivity index (χ0v) is 19.5. The van der Waals surface area contributed by atoms with Crippen LogP contribution in [0.3, 0.4) is 0 Å². The Morgan fingerprint density at radius 3 is 2.68 bits per heavy atom. The number of hydrogen-bond acceptors (Lipinski definition) is 9. The summed E-state index contributed by atoms with van der Waals surface area (Å²) in [4.78, 5) is 37.7. The zero-order chi connectivity index (χ0) is 24.9. The standard InChI is InChI=1S/C21H23N4O8P/c1-13-11-25(21(28)23-19(13)26)18-9-8-17(32-18)12-31-34(29,24-14(2)20(27)30-3)33-16-6-4-15(10-22)5-7-16/h4-9,11,14,17-18H,12H2,1-3H3,(H,24,29)(H,23,26,28)/t14?,17-,18+,34?/m0/s1. The lowest BCUT2D eigenvalue weighted by molar-refractivity contribution is -0.142. The van der Waals surface area contributed by atoms with Gasteiger partial charge in [-0.3, -0.25) is 23.7 Å². The second-order valence-corrected chi connectivity index (χ2v) is 9.02. The molecule has 0 saturated heterocycles. The molecule has 3 rings (SSSR count). The van der Waals surface area contributed by atoms with E-state index in [1.165, 1.54) is 49.1 Å². The lowest BCUT2D eigenvalue weighted by atomic mass is 10.2. The molecule has 2 N–H and O–H groups in total. The van der Waals surface area contributed by atoms with Crippen LogP contribution in [0.1, 0.15) is 24.3 Å². The number of carbonyl (C=O) groups is 1. The van der Waals surface area contributed by atoms with Crippen LogP contribution in [0.2, 0.25) is 0 Å². The second kappa shape index (κ2) is 10.6. The largest absolute Gasteiger partial charge is 0.468 e. The van der Waals surface area contributed by atoms with Gasteiger partial charge >= 0.3 is 19.4 Å². The van der Waals surface area contributed by atoms with Gasteiger partial charge in [0.1, 0.15) is 17.9 Å². The zero-order valence-electron chi connectivity index (χ0n) is 18.6. The monoisotopic (exact) mass is 490 g/mol. The molecule has 0 saturated carbocycles. The number of H-pyrrole nitrogens is 1. The van der Waals surface area contributed by atoms with Crippen LogP contribution >= 0.6 is 7.75 Å². The maximum Gasteiger partial charge on any atom is 0.459 e. The molecule has 1 aromatic heterocycles. The van der Waals surface area contributed by atoms with Gasteiger partial charge in [-0.1, -0.05) is 6.08 Å². The van der Waals surface area contributed by atoms with Gasteiger partial charge in [0.25, 0.3) is 5.56 Å². The van der Waals surface area contributed by atoms with Gasteiger partial charge < -0.3 is 14.0 Å². The SMILES string of the molecule is COC(=O)C(C)NP(=O)(OC[C@@H]1C=C[C@H](n2cc(C)c(=O)[nH]c2=O)O1)Oc1ccc(C#N)cc1. The van der Waals surface area contributed by atoms with E-state index in [2.05, 4.69) is 14.8 Å². The molecular formula is C21H23N4O8P. The summed E-state index contributed by atoms with van der Waals surface area (Å²) in [5, 5.41) is 11.4. The second-order valence-electron chi connectivity index (χ2n) is 7.32. The summed E-state index contributed by atoms with van der Waals surface area (Å²) >= 11 is 0. The minimum atomic E-state index is -4.12. The molecule has 0 bridgehead atoms. The van der Waals surface area contributed by atoms with Crippen molar-refractivity contribution in [2.75, 3.05) is 13.7 Å². The predicted octanol–water partition coefficient (Wildman–Crippen LogP) is 1.53. The van der Waals surface area contributed by atoms with Crippen molar-refractivity contribution in [1.82, 2.24) is 14.6 Å². The number of hydrogen-bond donors (Lipinski definition) is 2. The van der Waals surface area contributed by atoms with Crippen molar-refractivity contribution in [2.24, 2.45) is 0 Å². The molecule has 0 spiro atoms. The maximum absolute atomic E-state index is 13.4. The molecule has 2 unspecified atom stereocenters. The van der Waals surface area contributed by atoms with Crippen molar-refractivity contribution in [3.05, 3.63) is 74.6 Å². The lowest BCUT2D eigenvalue weighted by Gasteiger charge is -2.24. The fraction of sp³-hybridized carbons (Fsp3) is 0.333. The molecule has 0 aliphatic carbocycles. The summed E-state index contributed by atoms with van der Waals surface area (Å²) in [6.45, 7) is 2.73. The summed E-state index contributed by atoms with van der Waals surface area (Å²) in [6, 6.07) is 6.76. The van der Waals surface area contributed by atoms with E-state index in [4.69, 9.17) is 19.0 Å². The number of nitrogens with zero attached hydrogens (tertiary/aromatic N) is 2. The molecule has 180 valence electrons.